The summed E-state index contributed by atoms with van der Waals surface area (Å²) in [5.74, 6) is 1.23. The van der Waals surface area contributed by atoms with Crippen molar-refractivity contribution in [2.45, 2.75) is 40.2 Å². The molecule has 10 heteroatoms. The number of benzene rings is 4. The summed E-state index contributed by atoms with van der Waals surface area (Å²) in [7, 11) is 0. The summed E-state index contributed by atoms with van der Waals surface area (Å²) in [4.78, 5) is 29.9. The lowest BCUT2D eigenvalue weighted by Crippen LogP contribution is -2.21. The number of nitrogens with zero attached hydrogens (tertiary/aromatic N) is 3. The van der Waals surface area contributed by atoms with Gasteiger partial charge in [0.2, 0.25) is 0 Å². The molecule has 0 aliphatic heterocycles. The number of rotatable bonds is 10. The van der Waals surface area contributed by atoms with E-state index in [1.54, 1.807) is 36.5 Å². The van der Waals surface area contributed by atoms with E-state index in [2.05, 4.69) is 65.1 Å². The van der Waals surface area contributed by atoms with Gasteiger partial charge in [-0.05, 0) is 136 Å². The summed E-state index contributed by atoms with van der Waals surface area (Å²) < 4.78 is 15.2. The monoisotopic (exact) mass is 827 g/mol. The van der Waals surface area contributed by atoms with Crippen molar-refractivity contribution in [3.05, 3.63) is 118 Å². The number of aromatic nitrogens is 2. The van der Waals surface area contributed by atoms with Crippen molar-refractivity contribution in [2.75, 3.05) is 6.61 Å². The van der Waals surface area contributed by atoms with Crippen LogP contribution in [-0.4, -0.2) is 33.6 Å². The molecule has 0 unspecified atom stereocenters. The normalized spacial score (nSPS) is 11.4. The molecular weight excluding hydrogens is 796 g/mol. The van der Waals surface area contributed by atoms with Crippen molar-refractivity contribution in [3.8, 4) is 22.9 Å². The molecule has 45 heavy (non-hydrogen) atoms. The van der Waals surface area contributed by atoms with Gasteiger partial charge < -0.3 is 14.6 Å². The number of ether oxygens (including phenoxy) is 2. The van der Waals surface area contributed by atoms with Gasteiger partial charge in [-0.3, -0.25) is 4.79 Å². The molecule has 0 saturated carbocycles. The maximum absolute atomic E-state index is 13.8. The SMILES string of the molecule is CCOc1cc(C)c(-c2nc3ccccc3c(=O)n2N=Cc2cc(I)c(OCc3ccc(C(=O)O)cc3)c(I)c2)cc1C(C)C. The summed E-state index contributed by atoms with van der Waals surface area (Å²) in [6, 6.07) is 21.8. The molecule has 0 saturated heterocycles. The Morgan fingerprint density at radius 1 is 1.02 bits per heavy atom. The van der Waals surface area contributed by atoms with Gasteiger partial charge in [-0.2, -0.15) is 9.78 Å². The summed E-state index contributed by atoms with van der Waals surface area (Å²) in [5.41, 5.74) is 5.00. The topological polar surface area (TPSA) is 103 Å². The highest BCUT2D eigenvalue weighted by atomic mass is 127. The van der Waals surface area contributed by atoms with Gasteiger partial charge in [0.1, 0.15) is 18.1 Å². The molecule has 0 amide bonds. The van der Waals surface area contributed by atoms with Crippen LogP contribution in [0.5, 0.6) is 11.5 Å². The Morgan fingerprint density at radius 3 is 2.36 bits per heavy atom. The molecule has 1 N–H and O–H groups in total. The van der Waals surface area contributed by atoms with E-state index in [9.17, 15) is 9.59 Å². The second kappa shape index (κ2) is 14.1. The van der Waals surface area contributed by atoms with Gasteiger partial charge in [0.25, 0.3) is 5.56 Å². The van der Waals surface area contributed by atoms with Crippen molar-refractivity contribution in [2.24, 2.45) is 5.10 Å². The third-order valence-corrected chi connectivity index (χ3v) is 8.80. The maximum Gasteiger partial charge on any atom is 0.335 e. The van der Waals surface area contributed by atoms with Crippen LogP contribution in [0.15, 0.2) is 82.7 Å². The van der Waals surface area contributed by atoms with Crippen molar-refractivity contribution in [3.63, 3.8) is 0 Å². The first-order valence-electron chi connectivity index (χ1n) is 14.3. The zero-order valence-corrected chi connectivity index (χ0v) is 29.5. The molecule has 1 heterocycles. The molecule has 230 valence electrons. The highest BCUT2D eigenvalue weighted by Gasteiger charge is 2.19. The van der Waals surface area contributed by atoms with Crippen LogP contribution in [0.2, 0.25) is 0 Å². The highest BCUT2D eigenvalue weighted by molar-refractivity contribution is 14.1. The van der Waals surface area contributed by atoms with E-state index < -0.39 is 5.97 Å². The van der Waals surface area contributed by atoms with Crippen LogP contribution in [0.4, 0.5) is 0 Å². The molecule has 0 radical (unpaired) electrons. The van der Waals surface area contributed by atoms with Crippen LogP contribution >= 0.6 is 45.2 Å². The van der Waals surface area contributed by atoms with Gasteiger partial charge in [-0.25, -0.2) is 9.78 Å². The van der Waals surface area contributed by atoms with E-state index in [1.165, 1.54) is 4.68 Å². The van der Waals surface area contributed by atoms with Crippen molar-refractivity contribution in [1.82, 2.24) is 9.66 Å². The Bertz CT molecular complexity index is 1960. The van der Waals surface area contributed by atoms with Crippen LogP contribution in [0.1, 0.15) is 59.3 Å². The van der Waals surface area contributed by atoms with Crippen molar-refractivity contribution < 1.29 is 19.4 Å². The minimum absolute atomic E-state index is 0.198. The number of halogens is 2. The van der Waals surface area contributed by atoms with Crippen LogP contribution in [0, 0.1) is 14.1 Å². The van der Waals surface area contributed by atoms with E-state index in [4.69, 9.17) is 24.7 Å². The molecule has 0 spiro atoms. The highest BCUT2D eigenvalue weighted by Crippen LogP contribution is 2.34. The quantitative estimate of drug-likeness (QED) is 0.112. The number of hydrogen-bond donors (Lipinski definition) is 1. The van der Waals surface area contributed by atoms with Crippen LogP contribution < -0.4 is 15.0 Å². The molecule has 5 rings (SSSR count). The fourth-order valence-corrected chi connectivity index (χ4v) is 7.02. The first-order chi connectivity index (χ1) is 21.6. The van der Waals surface area contributed by atoms with Gasteiger partial charge in [0, 0.05) is 5.56 Å². The molecule has 0 fully saturated rings. The standard InChI is InChI=1S/C35H31I2N3O5/c1-5-44-31-14-21(4)27(17-26(31)20(2)3)33-39-30-9-7-6-8-25(30)34(41)40(33)38-18-23-15-28(36)32(29(37)16-23)45-19-22-10-12-24(13-11-22)35(42)43/h6-18,20H,5,19H2,1-4H3,(H,42,43). The second-order valence-electron chi connectivity index (χ2n) is 10.7. The van der Waals surface area contributed by atoms with Crippen LogP contribution in [0.25, 0.3) is 22.3 Å². The fourth-order valence-electron chi connectivity index (χ4n) is 4.89. The molecule has 5 aromatic rings. The predicted molar refractivity (Wildman–Crippen MR) is 194 cm³/mol. The molecule has 4 aromatic carbocycles. The summed E-state index contributed by atoms with van der Waals surface area (Å²) in [6.07, 6.45) is 1.66. The lowest BCUT2D eigenvalue weighted by Gasteiger charge is -2.18. The van der Waals surface area contributed by atoms with Crippen LogP contribution in [-0.2, 0) is 6.61 Å². The Labute approximate surface area is 288 Å². The number of aromatic carboxylic acids is 1. The number of carboxylic acid groups (broad SMARTS) is 1. The number of carbonyl (C=O) groups is 1. The largest absolute Gasteiger partial charge is 0.494 e. The fraction of sp³-hybridized carbons (Fsp3) is 0.200. The van der Waals surface area contributed by atoms with Crippen LogP contribution in [0.3, 0.4) is 0 Å². The first kappa shape index (κ1) is 32.6. The maximum atomic E-state index is 13.8. The number of carboxylic acids is 1. The third-order valence-electron chi connectivity index (χ3n) is 7.20. The predicted octanol–water partition coefficient (Wildman–Crippen LogP) is 8.26. The molecule has 1 aromatic heterocycles. The number of para-hydroxylation sites is 1. The van der Waals surface area contributed by atoms with Crippen molar-refractivity contribution >= 4 is 68.3 Å². The van der Waals surface area contributed by atoms with Gasteiger partial charge in [-0.15, -0.1) is 0 Å². The Hall–Kier alpha value is -3.78. The molecule has 0 aliphatic carbocycles. The average Bonchev–Trinajstić information content (AvgIpc) is 3.00. The van der Waals surface area contributed by atoms with E-state index in [1.807, 2.05) is 50.2 Å². The van der Waals surface area contributed by atoms with Gasteiger partial charge in [-0.1, -0.05) is 38.1 Å². The Morgan fingerprint density at radius 2 is 1.71 bits per heavy atom. The third kappa shape index (κ3) is 7.22. The van der Waals surface area contributed by atoms with E-state index in [-0.39, 0.29) is 17.0 Å². The Balaban J connectivity index is 1.53. The van der Waals surface area contributed by atoms with Gasteiger partial charge in [0.05, 0.1) is 36.4 Å². The summed E-state index contributed by atoms with van der Waals surface area (Å²) in [6.45, 7) is 9.03. The molecule has 8 nitrogen and oxygen atoms in total. The number of fused-ring (bicyclic) bond motifs is 1. The van der Waals surface area contributed by atoms with Gasteiger partial charge in [0.15, 0.2) is 5.82 Å². The molecular formula is C35H31I2N3O5. The minimum Gasteiger partial charge on any atom is -0.494 e. The zero-order chi connectivity index (χ0) is 32.2. The summed E-state index contributed by atoms with van der Waals surface area (Å²) >= 11 is 4.44. The lowest BCUT2D eigenvalue weighted by atomic mass is 9.96. The summed E-state index contributed by atoms with van der Waals surface area (Å²) in [5, 5.41) is 14.3. The lowest BCUT2D eigenvalue weighted by molar-refractivity contribution is 0.0697. The molecule has 0 bridgehead atoms. The van der Waals surface area contributed by atoms with Gasteiger partial charge >= 0.3 is 5.97 Å². The minimum atomic E-state index is -0.965. The number of hydrogen-bond acceptors (Lipinski definition) is 6. The Kier molecular flexibility index (Phi) is 10.2. The van der Waals surface area contributed by atoms with E-state index in [0.717, 1.165) is 40.7 Å². The average molecular weight is 827 g/mol. The first-order valence-corrected chi connectivity index (χ1v) is 16.5. The molecule has 0 atom stereocenters. The van der Waals surface area contributed by atoms with E-state index >= 15 is 0 Å². The smallest absolute Gasteiger partial charge is 0.335 e. The van der Waals surface area contributed by atoms with E-state index in [0.29, 0.717) is 35.7 Å². The van der Waals surface area contributed by atoms with Crippen molar-refractivity contribution in [1.29, 1.82) is 0 Å². The zero-order valence-electron chi connectivity index (χ0n) is 25.2. The molecule has 0 aliphatic rings. The second-order valence-corrected chi connectivity index (χ2v) is 13.0. The number of aryl methyl sites for hydroxylation is 1.